The summed E-state index contributed by atoms with van der Waals surface area (Å²) in [6.07, 6.45) is 5.09. The second-order valence-electron chi connectivity index (χ2n) is 4.24. The largest absolute Gasteiger partial charge is 0.324 e. The molecule has 0 aliphatic heterocycles. The first-order chi connectivity index (χ1) is 7.18. The minimum absolute atomic E-state index is 0.113. The Balaban J connectivity index is 2.17. The Morgan fingerprint density at radius 1 is 1.13 bits per heavy atom. The van der Waals surface area contributed by atoms with E-state index in [4.69, 9.17) is 28.9 Å². The van der Waals surface area contributed by atoms with E-state index in [2.05, 4.69) is 0 Å². The van der Waals surface area contributed by atoms with Crippen LogP contribution in [0.1, 0.15) is 37.3 Å². The molecule has 82 valence electrons. The van der Waals surface area contributed by atoms with Crippen LogP contribution in [0.3, 0.4) is 0 Å². The second kappa shape index (κ2) is 4.73. The molecule has 0 spiro atoms. The van der Waals surface area contributed by atoms with Gasteiger partial charge in [-0.1, -0.05) is 42.1 Å². The van der Waals surface area contributed by atoms with Gasteiger partial charge in [0.25, 0.3) is 0 Å². The predicted molar refractivity (Wildman–Crippen MR) is 65.3 cm³/mol. The van der Waals surface area contributed by atoms with Crippen LogP contribution in [0.25, 0.3) is 0 Å². The van der Waals surface area contributed by atoms with Crippen LogP contribution < -0.4 is 5.73 Å². The minimum Gasteiger partial charge on any atom is -0.324 e. The smallest absolute Gasteiger partial charge is 0.0595 e. The van der Waals surface area contributed by atoms with Crippen molar-refractivity contribution in [2.24, 2.45) is 11.7 Å². The van der Waals surface area contributed by atoms with Gasteiger partial charge in [-0.25, -0.2) is 0 Å². The molecule has 0 radical (unpaired) electrons. The van der Waals surface area contributed by atoms with E-state index in [9.17, 15) is 0 Å². The van der Waals surface area contributed by atoms with Gasteiger partial charge in [-0.2, -0.15) is 0 Å². The number of nitrogens with two attached hydrogens (primary N) is 1. The molecule has 1 aromatic carbocycles. The van der Waals surface area contributed by atoms with Gasteiger partial charge in [0, 0.05) is 6.04 Å². The maximum Gasteiger partial charge on any atom is 0.0595 e. The van der Waals surface area contributed by atoms with Crippen LogP contribution in [0.2, 0.25) is 10.0 Å². The van der Waals surface area contributed by atoms with Gasteiger partial charge in [0.05, 0.1) is 10.0 Å². The van der Waals surface area contributed by atoms with Gasteiger partial charge < -0.3 is 5.73 Å². The van der Waals surface area contributed by atoms with Crippen molar-refractivity contribution in [2.45, 2.75) is 31.7 Å². The lowest BCUT2D eigenvalue weighted by Crippen LogP contribution is -2.18. The van der Waals surface area contributed by atoms with E-state index in [1.54, 1.807) is 0 Å². The molecule has 1 atom stereocenters. The predicted octanol–water partition coefficient (Wildman–Crippen LogP) is 4.18. The van der Waals surface area contributed by atoms with Gasteiger partial charge in [-0.05, 0) is 36.5 Å². The molecule has 2 rings (SSSR count). The zero-order chi connectivity index (χ0) is 10.8. The van der Waals surface area contributed by atoms with Crippen molar-refractivity contribution in [3.05, 3.63) is 33.8 Å². The van der Waals surface area contributed by atoms with Crippen LogP contribution in [0.5, 0.6) is 0 Å². The highest BCUT2D eigenvalue weighted by Gasteiger charge is 2.23. The van der Waals surface area contributed by atoms with Crippen molar-refractivity contribution in [3.8, 4) is 0 Å². The summed E-state index contributed by atoms with van der Waals surface area (Å²) in [6.45, 7) is 0. The standard InChI is InChI=1S/C12H15Cl2N/c13-10-6-5-9(7-11(10)14)12(15)8-3-1-2-4-8/h5-8,12H,1-4,15H2. The SMILES string of the molecule is NC(c1ccc(Cl)c(Cl)c1)C1CCCC1. The van der Waals surface area contributed by atoms with E-state index < -0.39 is 0 Å². The van der Waals surface area contributed by atoms with Crippen molar-refractivity contribution in [2.75, 3.05) is 0 Å². The first kappa shape index (κ1) is 11.3. The van der Waals surface area contributed by atoms with E-state index >= 15 is 0 Å². The molecule has 2 N–H and O–H groups in total. The van der Waals surface area contributed by atoms with Crippen molar-refractivity contribution in [1.82, 2.24) is 0 Å². The number of rotatable bonds is 2. The van der Waals surface area contributed by atoms with Crippen molar-refractivity contribution >= 4 is 23.2 Å². The molecule has 15 heavy (non-hydrogen) atoms. The van der Waals surface area contributed by atoms with Gasteiger partial charge in [0.15, 0.2) is 0 Å². The fourth-order valence-corrected chi connectivity index (χ4v) is 2.61. The average Bonchev–Trinajstić information content (AvgIpc) is 2.74. The van der Waals surface area contributed by atoms with Crippen LogP contribution >= 0.6 is 23.2 Å². The molecular formula is C12H15Cl2N. The summed E-state index contributed by atoms with van der Waals surface area (Å²) in [6, 6.07) is 5.82. The van der Waals surface area contributed by atoms with Crippen molar-refractivity contribution < 1.29 is 0 Å². The molecule has 0 heterocycles. The topological polar surface area (TPSA) is 26.0 Å². The van der Waals surface area contributed by atoms with E-state index in [0.717, 1.165) is 5.56 Å². The monoisotopic (exact) mass is 243 g/mol. The first-order valence-electron chi connectivity index (χ1n) is 5.39. The molecule has 1 aliphatic rings. The summed E-state index contributed by atoms with van der Waals surface area (Å²) in [5.74, 6) is 0.613. The summed E-state index contributed by atoms with van der Waals surface area (Å²) in [4.78, 5) is 0. The van der Waals surface area contributed by atoms with Crippen LogP contribution in [0.15, 0.2) is 18.2 Å². The highest BCUT2D eigenvalue weighted by molar-refractivity contribution is 6.42. The van der Waals surface area contributed by atoms with Gasteiger partial charge in [0.2, 0.25) is 0 Å². The molecule has 0 aromatic heterocycles. The van der Waals surface area contributed by atoms with Gasteiger partial charge in [0.1, 0.15) is 0 Å². The molecule has 1 saturated carbocycles. The molecule has 1 nitrogen and oxygen atoms in total. The number of halogens is 2. The quantitative estimate of drug-likeness (QED) is 0.829. The Labute approximate surface area is 101 Å². The van der Waals surface area contributed by atoms with Crippen molar-refractivity contribution in [3.63, 3.8) is 0 Å². The molecule has 0 amide bonds. The first-order valence-corrected chi connectivity index (χ1v) is 6.14. The summed E-state index contributed by atoms with van der Waals surface area (Å²) >= 11 is 11.8. The molecule has 0 bridgehead atoms. The van der Waals surface area contributed by atoms with E-state index in [1.807, 2.05) is 18.2 Å². The minimum atomic E-state index is 0.113. The highest BCUT2D eigenvalue weighted by atomic mass is 35.5. The fourth-order valence-electron chi connectivity index (χ4n) is 2.31. The summed E-state index contributed by atoms with van der Waals surface area (Å²) in [7, 11) is 0. The Hall–Kier alpha value is -0.240. The Morgan fingerprint density at radius 2 is 1.80 bits per heavy atom. The van der Waals surface area contributed by atoms with Crippen LogP contribution in [0, 0.1) is 5.92 Å². The van der Waals surface area contributed by atoms with Gasteiger partial charge >= 0.3 is 0 Å². The molecule has 3 heteroatoms. The lowest BCUT2D eigenvalue weighted by Gasteiger charge is -2.19. The third-order valence-electron chi connectivity index (χ3n) is 3.24. The fraction of sp³-hybridized carbons (Fsp3) is 0.500. The highest BCUT2D eigenvalue weighted by Crippen LogP contribution is 2.35. The number of hydrogen-bond acceptors (Lipinski definition) is 1. The molecule has 1 aromatic rings. The van der Waals surface area contributed by atoms with Crippen molar-refractivity contribution in [1.29, 1.82) is 0 Å². The zero-order valence-corrected chi connectivity index (χ0v) is 10.1. The normalized spacial score (nSPS) is 19.4. The maximum absolute atomic E-state index is 6.22. The molecule has 0 saturated heterocycles. The van der Waals surface area contributed by atoms with Gasteiger partial charge in [-0.3, -0.25) is 0 Å². The lowest BCUT2D eigenvalue weighted by molar-refractivity contribution is 0.445. The lowest BCUT2D eigenvalue weighted by atomic mass is 9.93. The molecule has 1 unspecified atom stereocenters. The molecule has 1 aliphatic carbocycles. The molecule has 1 fully saturated rings. The molecular weight excluding hydrogens is 229 g/mol. The van der Waals surface area contributed by atoms with E-state index in [1.165, 1.54) is 25.7 Å². The van der Waals surface area contributed by atoms with Crippen LogP contribution in [-0.4, -0.2) is 0 Å². The average molecular weight is 244 g/mol. The summed E-state index contributed by atoms with van der Waals surface area (Å²) in [5, 5.41) is 1.20. The van der Waals surface area contributed by atoms with E-state index in [0.29, 0.717) is 16.0 Å². The van der Waals surface area contributed by atoms with Crippen LogP contribution in [0.4, 0.5) is 0 Å². The Kier molecular flexibility index (Phi) is 3.55. The second-order valence-corrected chi connectivity index (χ2v) is 5.06. The third-order valence-corrected chi connectivity index (χ3v) is 3.98. The Morgan fingerprint density at radius 3 is 2.40 bits per heavy atom. The van der Waals surface area contributed by atoms with Crippen LogP contribution in [-0.2, 0) is 0 Å². The number of hydrogen-bond donors (Lipinski definition) is 1. The Bertz CT molecular complexity index is 345. The number of benzene rings is 1. The van der Waals surface area contributed by atoms with Gasteiger partial charge in [-0.15, -0.1) is 0 Å². The zero-order valence-electron chi connectivity index (χ0n) is 8.55. The maximum atomic E-state index is 6.22. The summed E-state index contributed by atoms with van der Waals surface area (Å²) in [5.41, 5.74) is 7.33. The third kappa shape index (κ3) is 2.47. The summed E-state index contributed by atoms with van der Waals surface area (Å²) < 4.78 is 0. The van der Waals surface area contributed by atoms with E-state index in [-0.39, 0.29) is 6.04 Å².